The van der Waals surface area contributed by atoms with Crippen molar-refractivity contribution >= 4 is 46.2 Å². The van der Waals surface area contributed by atoms with E-state index in [1.165, 1.54) is 0 Å². The van der Waals surface area contributed by atoms with Crippen molar-refractivity contribution in [3.8, 4) is 0 Å². The highest BCUT2D eigenvalue weighted by molar-refractivity contribution is 7.80. The predicted octanol–water partition coefficient (Wildman–Crippen LogP) is 5.89. The number of hydrogen-bond donors (Lipinski definition) is 2. The van der Waals surface area contributed by atoms with Gasteiger partial charge in [0.05, 0.1) is 28.5 Å². The van der Waals surface area contributed by atoms with Gasteiger partial charge in [0.25, 0.3) is 0 Å². The molecule has 2 N–H and O–H groups in total. The number of halogens is 1. The number of nitrogens with one attached hydrogen (secondary N) is 2. The van der Waals surface area contributed by atoms with E-state index in [1.54, 1.807) is 6.20 Å². The number of thiocarbonyl (C=S) groups is 1. The minimum absolute atomic E-state index is 0.0777. The fourth-order valence-corrected chi connectivity index (χ4v) is 4.50. The van der Waals surface area contributed by atoms with Crippen LogP contribution in [0, 0.1) is 5.92 Å². The van der Waals surface area contributed by atoms with Crippen LogP contribution in [0.15, 0.2) is 61.1 Å². The topological polar surface area (TPSA) is 62.2 Å². The van der Waals surface area contributed by atoms with E-state index in [1.807, 2.05) is 50.2 Å². The first-order valence-electron chi connectivity index (χ1n) is 11.0. The number of hydrogen-bond acceptors (Lipinski definition) is 3. The Morgan fingerprint density at radius 1 is 1.18 bits per heavy atom. The number of carbonyl (C=O) groups is 1. The van der Waals surface area contributed by atoms with Crippen molar-refractivity contribution in [3.05, 3.63) is 77.3 Å². The molecule has 172 valence electrons. The second-order valence-electron chi connectivity index (χ2n) is 8.79. The maximum absolute atomic E-state index is 12.1. The Balaban J connectivity index is 1.74. The van der Waals surface area contributed by atoms with Gasteiger partial charge in [-0.25, -0.2) is 0 Å². The second-order valence-corrected chi connectivity index (χ2v) is 9.58. The molecule has 1 amide bonds. The van der Waals surface area contributed by atoms with Crippen LogP contribution in [0.1, 0.15) is 57.1 Å². The summed E-state index contributed by atoms with van der Waals surface area (Å²) in [5.74, 6) is -0.212. The third-order valence-corrected chi connectivity index (χ3v) is 6.41. The summed E-state index contributed by atoms with van der Waals surface area (Å²) in [4.78, 5) is 18.8. The minimum Gasteiger partial charge on any atom is -0.351 e. The van der Waals surface area contributed by atoms with Crippen LogP contribution in [0.25, 0.3) is 0 Å². The van der Waals surface area contributed by atoms with Crippen molar-refractivity contribution in [3.63, 3.8) is 0 Å². The zero-order chi connectivity index (χ0) is 23.7. The SMILES string of the molecule is CC(C)C(=O)Nc1ccc(N2C(=S)N[C@@H](c3ccccn3)[C@@H]2c2ccn(C(C)C)c2)cc1Cl. The maximum atomic E-state index is 12.1. The molecule has 3 aromatic rings. The summed E-state index contributed by atoms with van der Waals surface area (Å²) < 4.78 is 2.18. The lowest BCUT2D eigenvalue weighted by Crippen LogP contribution is -2.29. The van der Waals surface area contributed by atoms with Gasteiger partial charge in [-0.15, -0.1) is 0 Å². The average molecular weight is 482 g/mol. The molecule has 2 aromatic heterocycles. The van der Waals surface area contributed by atoms with Gasteiger partial charge in [-0.1, -0.05) is 31.5 Å². The van der Waals surface area contributed by atoms with Crippen LogP contribution in [0.4, 0.5) is 11.4 Å². The third-order valence-electron chi connectivity index (χ3n) is 5.79. The van der Waals surface area contributed by atoms with E-state index in [9.17, 15) is 4.79 Å². The molecule has 0 unspecified atom stereocenters. The summed E-state index contributed by atoms with van der Waals surface area (Å²) in [6.07, 6.45) is 6.04. The van der Waals surface area contributed by atoms with Crippen LogP contribution in [0.2, 0.25) is 5.02 Å². The number of aromatic nitrogens is 2. The first-order valence-corrected chi connectivity index (χ1v) is 11.8. The van der Waals surface area contributed by atoms with E-state index < -0.39 is 0 Å². The van der Waals surface area contributed by atoms with Crippen molar-refractivity contribution in [2.45, 2.75) is 45.8 Å². The van der Waals surface area contributed by atoms with Crippen molar-refractivity contribution in [1.82, 2.24) is 14.9 Å². The summed E-state index contributed by atoms with van der Waals surface area (Å²) in [7, 11) is 0. The molecule has 1 aliphatic rings. The quantitative estimate of drug-likeness (QED) is 0.430. The van der Waals surface area contributed by atoms with Gasteiger partial charge in [-0.3, -0.25) is 9.78 Å². The molecule has 0 bridgehead atoms. The van der Waals surface area contributed by atoms with E-state index >= 15 is 0 Å². The fourth-order valence-electron chi connectivity index (χ4n) is 3.93. The molecule has 1 aromatic carbocycles. The molecule has 4 rings (SSSR count). The summed E-state index contributed by atoms with van der Waals surface area (Å²) in [5.41, 5.74) is 3.47. The Labute approximate surface area is 205 Å². The van der Waals surface area contributed by atoms with Crippen LogP contribution in [0.5, 0.6) is 0 Å². The Kier molecular flexibility index (Phi) is 6.72. The molecule has 0 spiro atoms. The number of nitrogens with zero attached hydrogens (tertiary/aromatic N) is 3. The zero-order valence-electron chi connectivity index (χ0n) is 19.1. The van der Waals surface area contributed by atoms with Gasteiger partial charge in [-0.2, -0.15) is 0 Å². The molecule has 6 nitrogen and oxygen atoms in total. The van der Waals surface area contributed by atoms with Crippen LogP contribution in [-0.2, 0) is 4.79 Å². The van der Waals surface area contributed by atoms with Gasteiger partial charge >= 0.3 is 0 Å². The number of rotatable bonds is 6. The van der Waals surface area contributed by atoms with Gasteiger partial charge in [0.1, 0.15) is 0 Å². The van der Waals surface area contributed by atoms with E-state index in [0.29, 0.717) is 21.9 Å². The largest absolute Gasteiger partial charge is 0.351 e. The van der Waals surface area contributed by atoms with Crippen LogP contribution in [-0.4, -0.2) is 20.6 Å². The summed E-state index contributed by atoms with van der Waals surface area (Å²) in [6.45, 7) is 7.99. The van der Waals surface area contributed by atoms with Crippen molar-refractivity contribution in [1.29, 1.82) is 0 Å². The normalized spacial score (nSPS) is 18.2. The Morgan fingerprint density at radius 3 is 2.58 bits per heavy atom. The molecule has 0 saturated carbocycles. The van der Waals surface area contributed by atoms with Crippen molar-refractivity contribution in [2.24, 2.45) is 5.92 Å². The Bertz CT molecular complexity index is 1160. The van der Waals surface area contributed by atoms with E-state index in [0.717, 1.165) is 16.9 Å². The molecular weight excluding hydrogens is 454 g/mol. The third kappa shape index (κ3) is 4.75. The molecule has 33 heavy (non-hydrogen) atoms. The molecule has 1 aliphatic heterocycles. The van der Waals surface area contributed by atoms with Gasteiger partial charge in [0.2, 0.25) is 5.91 Å². The van der Waals surface area contributed by atoms with Crippen LogP contribution >= 0.6 is 23.8 Å². The Hall–Kier alpha value is -2.90. The lowest BCUT2D eigenvalue weighted by atomic mass is 9.98. The van der Waals surface area contributed by atoms with Crippen LogP contribution in [0.3, 0.4) is 0 Å². The van der Waals surface area contributed by atoms with Gasteiger partial charge in [-0.05, 0) is 68.0 Å². The summed E-state index contributed by atoms with van der Waals surface area (Å²) >= 11 is 12.4. The maximum Gasteiger partial charge on any atom is 0.226 e. The van der Waals surface area contributed by atoms with Crippen molar-refractivity contribution in [2.75, 3.05) is 10.2 Å². The zero-order valence-corrected chi connectivity index (χ0v) is 20.7. The predicted molar refractivity (Wildman–Crippen MR) is 138 cm³/mol. The molecule has 0 radical (unpaired) electrons. The van der Waals surface area contributed by atoms with Gasteiger partial charge in [0.15, 0.2) is 5.11 Å². The number of carbonyl (C=O) groups excluding carboxylic acids is 1. The highest BCUT2D eigenvalue weighted by atomic mass is 35.5. The standard InChI is InChI=1S/C25H28ClN5OS/c1-15(2)24(32)28-20-9-8-18(13-19(20)26)31-23(17-10-12-30(14-17)16(3)4)22(29-25(31)33)21-7-5-6-11-27-21/h5-16,22-23H,1-4H3,(H,28,32)(H,29,33)/t22-,23-/m0/s1. The number of pyridine rings is 1. The van der Waals surface area contributed by atoms with E-state index in [4.69, 9.17) is 23.8 Å². The number of amides is 1. The smallest absolute Gasteiger partial charge is 0.226 e. The molecule has 8 heteroatoms. The summed E-state index contributed by atoms with van der Waals surface area (Å²) in [6, 6.07) is 13.7. The molecule has 1 saturated heterocycles. The highest BCUT2D eigenvalue weighted by Gasteiger charge is 2.41. The molecular formula is C25H28ClN5OS. The number of anilines is 2. The summed E-state index contributed by atoms with van der Waals surface area (Å²) in [5, 5.41) is 7.40. The highest BCUT2D eigenvalue weighted by Crippen LogP contribution is 2.43. The molecule has 1 fully saturated rings. The lowest BCUT2D eigenvalue weighted by Gasteiger charge is -2.28. The molecule has 0 aliphatic carbocycles. The molecule has 2 atom stereocenters. The lowest BCUT2D eigenvalue weighted by molar-refractivity contribution is -0.118. The van der Waals surface area contributed by atoms with Crippen LogP contribution < -0.4 is 15.5 Å². The molecule has 3 heterocycles. The van der Waals surface area contributed by atoms with Gasteiger partial charge < -0.3 is 20.1 Å². The average Bonchev–Trinajstić information content (AvgIpc) is 3.40. The Morgan fingerprint density at radius 2 is 1.97 bits per heavy atom. The van der Waals surface area contributed by atoms with Crippen molar-refractivity contribution < 1.29 is 4.79 Å². The first kappa shape index (κ1) is 23.3. The van der Waals surface area contributed by atoms with Gasteiger partial charge in [0, 0.05) is 36.2 Å². The van der Waals surface area contributed by atoms with E-state index in [-0.39, 0.29) is 23.9 Å². The van der Waals surface area contributed by atoms with E-state index in [2.05, 4.69) is 57.4 Å². The second kappa shape index (κ2) is 9.53. The monoisotopic (exact) mass is 481 g/mol. The first-order chi connectivity index (χ1) is 15.8. The number of benzene rings is 1. The minimum atomic E-state index is -0.135. The fraction of sp³-hybridized carbons (Fsp3) is 0.320.